The van der Waals surface area contributed by atoms with Crippen LogP contribution < -0.4 is 0 Å². The SMILES string of the molecule is Cc1ccc(-c2cc(-c3ccccc3)cc(-c3ccc(I)cc3)[o+]2)cc1. The maximum absolute atomic E-state index is 6.29. The topological polar surface area (TPSA) is 11.3 Å². The van der Waals surface area contributed by atoms with E-state index in [-0.39, 0.29) is 0 Å². The monoisotopic (exact) mass is 449 g/mol. The predicted molar refractivity (Wildman–Crippen MR) is 117 cm³/mol. The Morgan fingerprint density at radius 3 is 1.69 bits per heavy atom. The normalized spacial score (nSPS) is 10.7. The van der Waals surface area contributed by atoms with E-state index in [2.05, 4.69) is 114 Å². The molecule has 2 heteroatoms. The maximum Gasteiger partial charge on any atom is 0.361 e. The van der Waals surface area contributed by atoms with E-state index >= 15 is 0 Å². The molecule has 0 amide bonds. The molecule has 0 aliphatic heterocycles. The number of rotatable bonds is 3. The van der Waals surface area contributed by atoms with Crippen molar-refractivity contribution in [2.45, 2.75) is 6.92 Å². The summed E-state index contributed by atoms with van der Waals surface area (Å²) in [6.45, 7) is 2.10. The van der Waals surface area contributed by atoms with Crippen molar-refractivity contribution in [1.29, 1.82) is 0 Å². The molecular formula is C24H18IO+. The van der Waals surface area contributed by atoms with Crippen LogP contribution in [0.4, 0.5) is 0 Å². The van der Waals surface area contributed by atoms with Gasteiger partial charge in [-0.05, 0) is 71.5 Å². The van der Waals surface area contributed by atoms with E-state index in [0.29, 0.717) is 0 Å². The number of hydrogen-bond donors (Lipinski definition) is 0. The molecule has 0 aliphatic rings. The third-order valence-electron chi connectivity index (χ3n) is 4.37. The van der Waals surface area contributed by atoms with Crippen LogP contribution in [0.5, 0.6) is 0 Å². The Kier molecular flexibility index (Phi) is 4.85. The highest BCUT2D eigenvalue weighted by Gasteiger charge is 2.20. The summed E-state index contributed by atoms with van der Waals surface area (Å²) in [6.07, 6.45) is 0. The molecule has 0 N–H and O–H groups in total. The van der Waals surface area contributed by atoms with Crippen molar-refractivity contribution in [2.24, 2.45) is 0 Å². The molecular weight excluding hydrogens is 431 g/mol. The van der Waals surface area contributed by atoms with Crippen LogP contribution >= 0.6 is 22.6 Å². The molecule has 0 saturated carbocycles. The van der Waals surface area contributed by atoms with Gasteiger partial charge >= 0.3 is 11.5 Å². The van der Waals surface area contributed by atoms with Crippen LogP contribution in [0.25, 0.3) is 33.8 Å². The highest BCUT2D eigenvalue weighted by Crippen LogP contribution is 2.33. The van der Waals surface area contributed by atoms with Crippen LogP contribution in [0.2, 0.25) is 0 Å². The molecule has 0 unspecified atom stereocenters. The fourth-order valence-corrected chi connectivity index (χ4v) is 3.27. The Labute approximate surface area is 167 Å². The third-order valence-corrected chi connectivity index (χ3v) is 5.08. The number of benzene rings is 3. The predicted octanol–water partition coefficient (Wildman–Crippen LogP) is 7.47. The van der Waals surface area contributed by atoms with E-state index < -0.39 is 0 Å². The molecule has 126 valence electrons. The smallest absolute Gasteiger partial charge is 0.207 e. The molecule has 0 bridgehead atoms. The summed E-state index contributed by atoms with van der Waals surface area (Å²) in [4.78, 5) is 0. The molecule has 0 fully saturated rings. The molecule has 0 atom stereocenters. The highest BCUT2D eigenvalue weighted by molar-refractivity contribution is 14.1. The lowest BCUT2D eigenvalue weighted by molar-refractivity contribution is 0.582. The summed E-state index contributed by atoms with van der Waals surface area (Å²) in [5.74, 6) is 1.75. The van der Waals surface area contributed by atoms with Gasteiger partial charge in [-0.25, -0.2) is 4.42 Å². The van der Waals surface area contributed by atoms with Gasteiger partial charge < -0.3 is 0 Å². The van der Waals surface area contributed by atoms with Crippen molar-refractivity contribution in [3.05, 3.63) is 100 Å². The van der Waals surface area contributed by atoms with Gasteiger partial charge in [0.1, 0.15) is 0 Å². The maximum atomic E-state index is 6.29. The second-order valence-corrected chi connectivity index (χ2v) is 7.56. The molecule has 0 saturated heterocycles. The molecule has 3 aromatic carbocycles. The summed E-state index contributed by atoms with van der Waals surface area (Å²) in [6, 6.07) is 31.5. The van der Waals surface area contributed by atoms with Gasteiger partial charge in [0.25, 0.3) is 0 Å². The minimum absolute atomic E-state index is 0.873. The van der Waals surface area contributed by atoms with Crippen LogP contribution in [0, 0.1) is 10.5 Å². The number of aryl methyl sites for hydroxylation is 1. The van der Waals surface area contributed by atoms with Crippen LogP contribution in [-0.4, -0.2) is 0 Å². The van der Waals surface area contributed by atoms with Crippen molar-refractivity contribution >= 4 is 22.6 Å². The Bertz CT molecular complexity index is 956. The second kappa shape index (κ2) is 7.42. The molecule has 4 rings (SSSR count). The lowest BCUT2D eigenvalue weighted by Crippen LogP contribution is -1.86. The van der Waals surface area contributed by atoms with Gasteiger partial charge in [0.05, 0.1) is 23.3 Å². The van der Waals surface area contributed by atoms with E-state index in [0.717, 1.165) is 28.2 Å². The zero-order chi connectivity index (χ0) is 17.9. The molecule has 0 radical (unpaired) electrons. The van der Waals surface area contributed by atoms with E-state index in [4.69, 9.17) is 4.42 Å². The summed E-state index contributed by atoms with van der Waals surface area (Å²) >= 11 is 2.32. The molecule has 4 aromatic rings. The van der Waals surface area contributed by atoms with E-state index in [1.807, 2.05) is 6.07 Å². The van der Waals surface area contributed by atoms with Gasteiger partial charge in [-0.3, -0.25) is 0 Å². The zero-order valence-corrected chi connectivity index (χ0v) is 16.6. The average Bonchev–Trinajstić information content (AvgIpc) is 2.69. The lowest BCUT2D eigenvalue weighted by atomic mass is 10.0. The number of halogens is 1. The molecule has 1 heterocycles. The Morgan fingerprint density at radius 1 is 0.577 bits per heavy atom. The van der Waals surface area contributed by atoms with E-state index in [9.17, 15) is 0 Å². The molecule has 0 spiro atoms. The first-order valence-electron chi connectivity index (χ1n) is 8.56. The first kappa shape index (κ1) is 17.0. The van der Waals surface area contributed by atoms with Crippen LogP contribution in [0.3, 0.4) is 0 Å². The zero-order valence-electron chi connectivity index (χ0n) is 14.4. The average molecular weight is 449 g/mol. The van der Waals surface area contributed by atoms with Crippen LogP contribution in [-0.2, 0) is 0 Å². The molecule has 1 aromatic heterocycles. The standard InChI is InChI=1S/C24H18IO/c1-17-7-9-19(10-8-17)23-15-21(18-5-3-2-4-6-18)16-24(26-23)20-11-13-22(25)14-12-20/h2-16H,1H3/q+1. The van der Waals surface area contributed by atoms with Gasteiger partial charge in [0.15, 0.2) is 0 Å². The molecule has 0 aliphatic carbocycles. The first-order chi connectivity index (χ1) is 12.7. The van der Waals surface area contributed by atoms with Crippen molar-refractivity contribution < 1.29 is 4.42 Å². The van der Waals surface area contributed by atoms with Crippen molar-refractivity contribution in [3.63, 3.8) is 0 Å². The Balaban J connectivity index is 1.89. The summed E-state index contributed by atoms with van der Waals surface area (Å²) in [7, 11) is 0. The minimum Gasteiger partial charge on any atom is -0.207 e. The molecule has 26 heavy (non-hydrogen) atoms. The summed E-state index contributed by atoms with van der Waals surface area (Å²) in [5, 5.41) is 0. The minimum atomic E-state index is 0.873. The Morgan fingerprint density at radius 2 is 1.12 bits per heavy atom. The fourth-order valence-electron chi connectivity index (χ4n) is 2.92. The fraction of sp³-hybridized carbons (Fsp3) is 0.0417. The van der Waals surface area contributed by atoms with Gasteiger partial charge in [-0.15, -0.1) is 0 Å². The summed E-state index contributed by atoms with van der Waals surface area (Å²) < 4.78 is 7.50. The quantitative estimate of drug-likeness (QED) is 0.233. The van der Waals surface area contributed by atoms with Gasteiger partial charge in [-0.2, -0.15) is 0 Å². The van der Waals surface area contributed by atoms with Crippen molar-refractivity contribution in [1.82, 2.24) is 0 Å². The van der Waals surface area contributed by atoms with E-state index in [1.54, 1.807) is 0 Å². The highest BCUT2D eigenvalue weighted by atomic mass is 127. The van der Waals surface area contributed by atoms with Crippen molar-refractivity contribution in [2.75, 3.05) is 0 Å². The number of hydrogen-bond acceptors (Lipinski definition) is 0. The molecule has 1 nitrogen and oxygen atoms in total. The van der Waals surface area contributed by atoms with Crippen molar-refractivity contribution in [3.8, 4) is 33.8 Å². The van der Waals surface area contributed by atoms with Crippen LogP contribution in [0.1, 0.15) is 5.56 Å². The van der Waals surface area contributed by atoms with Gasteiger partial charge in [-0.1, -0.05) is 48.0 Å². The Hall–Kier alpha value is -2.46. The largest absolute Gasteiger partial charge is 0.361 e. The summed E-state index contributed by atoms with van der Waals surface area (Å²) in [5.41, 5.74) is 5.74. The third kappa shape index (κ3) is 3.70. The lowest BCUT2D eigenvalue weighted by Gasteiger charge is -2.02. The second-order valence-electron chi connectivity index (χ2n) is 6.31. The first-order valence-corrected chi connectivity index (χ1v) is 9.63. The van der Waals surface area contributed by atoms with E-state index in [1.165, 1.54) is 14.7 Å². The van der Waals surface area contributed by atoms with Gasteiger partial charge in [0, 0.05) is 9.13 Å². The van der Waals surface area contributed by atoms with Gasteiger partial charge in [0.2, 0.25) is 0 Å². The van der Waals surface area contributed by atoms with Crippen LogP contribution in [0.15, 0.2) is 95.4 Å².